The molecule has 0 amide bonds. The molecule has 0 radical (unpaired) electrons. The maximum atomic E-state index is 5.95. The number of aryl methyl sites for hydroxylation is 1. The summed E-state index contributed by atoms with van der Waals surface area (Å²) in [4.78, 5) is 0. The first-order valence-electron chi connectivity index (χ1n) is 5.81. The van der Waals surface area contributed by atoms with Crippen molar-refractivity contribution in [3.63, 3.8) is 0 Å². The number of alkyl halides is 1. The van der Waals surface area contributed by atoms with E-state index >= 15 is 0 Å². The van der Waals surface area contributed by atoms with Crippen LogP contribution in [-0.4, -0.2) is 12.9 Å². The molecule has 2 heteroatoms. The molecule has 1 nitrogen and oxygen atoms in total. The van der Waals surface area contributed by atoms with Crippen LogP contribution in [0.1, 0.15) is 31.4 Å². The second kappa shape index (κ2) is 6.59. The molecule has 0 heterocycles. The lowest BCUT2D eigenvalue weighted by atomic mass is 10.0. The second-order valence-electron chi connectivity index (χ2n) is 3.77. The van der Waals surface area contributed by atoms with Gasteiger partial charge >= 0.3 is 0 Å². The molecule has 0 spiro atoms. The topological polar surface area (TPSA) is 12.0 Å². The number of benzene rings is 1. The highest BCUT2D eigenvalue weighted by molar-refractivity contribution is 6.20. The summed E-state index contributed by atoms with van der Waals surface area (Å²) < 4.78 is 0. The van der Waals surface area contributed by atoms with Crippen LogP contribution < -0.4 is 5.32 Å². The fourth-order valence-corrected chi connectivity index (χ4v) is 2.09. The van der Waals surface area contributed by atoms with Crippen LogP contribution in [0.5, 0.6) is 0 Å². The molecule has 1 aromatic rings. The summed E-state index contributed by atoms with van der Waals surface area (Å²) >= 11 is 5.95. The van der Waals surface area contributed by atoms with Crippen molar-refractivity contribution in [3.8, 4) is 0 Å². The highest BCUT2D eigenvalue weighted by atomic mass is 35.5. The Kier molecular flexibility index (Phi) is 5.41. The van der Waals surface area contributed by atoms with Gasteiger partial charge in [-0.25, -0.2) is 0 Å². The maximum Gasteiger partial charge on any atom is 0.0456 e. The smallest absolute Gasteiger partial charge is 0.0456 e. The number of hydrogen-bond acceptors (Lipinski definition) is 1. The van der Waals surface area contributed by atoms with Gasteiger partial charge in [0.1, 0.15) is 0 Å². The van der Waals surface area contributed by atoms with E-state index in [1.807, 2.05) is 7.05 Å². The molecule has 0 aliphatic carbocycles. The maximum absolute atomic E-state index is 5.95. The quantitative estimate of drug-likeness (QED) is 0.768. The third kappa shape index (κ3) is 3.02. The van der Waals surface area contributed by atoms with E-state index in [-0.39, 0.29) is 0 Å². The van der Waals surface area contributed by atoms with Crippen LogP contribution in [0.25, 0.3) is 5.70 Å². The van der Waals surface area contributed by atoms with Crippen molar-refractivity contribution in [1.82, 2.24) is 5.32 Å². The van der Waals surface area contributed by atoms with E-state index in [0.29, 0.717) is 5.88 Å². The second-order valence-corrected chi connectivity index (χ2v) is 4.03. The van der Waals surface area contributed by atoms with E-state index < -0.39 is 0 Å². The van der Waals surface area contributed by atoms with E-state index in [2.05, 4.69) is 43.4 Å². The van der Waals surface area contributed by atoms with Crippen LogP contribution in [0, 0.1) is 0 Å². The largest absolute Gasteiger partial charge is 0.388 e. The van der Waals surface area contributed by atoms with Crippen molar-refractivity contribution in [2.24, 2.45) is 0 Å². The monoisotopic (exact) mass is 237 g/mol. The molecular formula is C14H20ClN. The van der Waals surface area contributed by atoms with E-state index in [9.17, 15) is 0 Å². The molecule has 0 saturated carbocycles. The van der Waals surface area contributed by atoms with Gasteiger partial charge in [-0.3, -0.25) is 0 Å². The van der Waals surface area contributed by atoms with Crippen molar-refractivity contribution in [3.05, 3.63) is 41.0 Å². The summed E-state index contributed by atoms with van der Waals surface area (Å²) in [7, 11) is 1.95. The standard InChI is InChI=1S/C14H20ClN/c1-4-11-6-8-13(9-7-11)14(16-3)12(5-2)10-15/h6-9,16H,4-5,10H2,1-3H3/b14-12-. The molecule has 0 aliphatic heterocycles. The predicted octanol–water partition coefficient (Wildman–Crippen LogP) is 3.83. The molecular weight excluding hydrogens is 218 g/mol. The molecule has 0 atom stereocenters. The molecule has 0 fully saturated rings. The van der Waals surface area contributed by atoms with Crippen LogP contribution in [0.2, 0.25) is 0 Å². The average Bonchev–Trinajstić information content (AvgIpc) is 2.36. The first-order chi connectivity index (χ1) is 7.76. The number of allylic oxidation sites excluding steroid dienone is 1. The van der Waals surface area contributed by atoms with E-state index in [0.717, 1.165) is 12.8 Å². The van der Waals surface area contributed by atoms with Crippen molar-refractivity contribution in [2.75, 3.05) is 12.9 Å². The van der Waals surface area contributed by atoms with E-state index in [4.69, 9.17) is 11.6 Å². The third-order valence-electron chi connectivity index (χ3n) is 2.84. The first-order valence-corrected chi connectivity index (χ1v) is 6.35. The minimum Gasteiger partial charge on any atom is -0.388 e. The van der Waals surface area contributed by atoms with Gasteiger partial charge in [0, 0.05) is 18.6 Å². The zero-order valence-electron chi connectivity index (χ0n) is 10.3. The molecule has 16 heavy (non-hydrogen) atoms. The zero-order chi connectivity index (χ0) is 12.0. The predicted molar refractivity (Wildman–Crippen MR) is 72.8 cm³/mol. The number of hydrogen-bond donors (Lipinski definition) is 1. The van der Waals surface area contributed by atoms with Crippen LogP contribution in [0.15, 0.2) is 29.8 Å². The summed E-state index contributed by atoms with van der Waals surface area (Å²) in [5.41, 5.74) is 5.01. The van der Waals surface area contributed by atoms with Crippen LogP contribution in [0.4, 0.5) is 0 Å². The van der Waals surface area contributed by atoms with Crippen LogP contribution in [0.3, 0.4) is 0 Å². The zero-order valence-corrected chi connectivity index (χ0v) is 11.1. The van der Waals surface area contributed by atoms with Crippen LogP contribution >= 0.6 is 11.6 Å². The summed E-state index contributed by atoms with van der Waals surface area (Å²) in [6, 6.07) is 8.67. The first kappa shape index (κ1) is 13.1. The number of nitrogens with one attached hydrogen (secondary N) is 1. The van der Waals surface area contributed by atoms with Gasteiger partial charge in [-0.2, -0.15) is 0 Å². The molecule has 1 rings (SSSR count). The SMILES string of the molecule is CC/C(CCl)=C(/NC)c1ccc(CC)cc1. The molecule has 0 unspecified atom stereocenters. The summed E-state index contributed by atoms with van der Waals surface area (Å²) in [6.45, 7) is 4.30. The molecule has 1 aromatic carbocycles. The summed E-state index contributed by atoms with van der Waals surface area (Å²) in [6.07, 6.45) is 2.06. The summed E-state index contributed by atoms with van der Waals surface area (Å²) in [5, 5.41) is 3.25. The molecule has 0 saturated heterocycles. The Bertz CT molecular complexity index is 346. The molecule has 0 aromatic heterocycles. The van der Waals surface area contributed by atoms with Crippen molar-refractivity contribution in [2.45, 2.75) is 26.7 Å². The van der Waals surface area contributed by atoms with Gasteiger partial charge in [-0.1, -0.05) is 38.1 Å². The Balaban J connectivity index is 3.08. The number of rotatable bonds is 5. The number of halogens is 1. The Morgan fingerprint density at radius 1 is 1.19 bits per heavy atom. The minimum absolute atomic E-state index is 0.586. The fourth-order valence-electron chi connectivity index (χ4n) is 1.77. The minimum atomic E-state index is 0.586. The lowest BCUT2D eigenvalue weighted by molar-refractivity contribution is 1.03. The van der Waals surface area contributed by atoms with Gasteiger partial charge in [-0.15, -0.1) is 11.6 Å². The van der Waals surface area contributed by atoms with E-state index in [1.54, 1.807) is 0 Å². The average molecular weight is 238 g/mol. The van der Waals surface area contributed by atoms with Gasteiger partial charge in [0.15, 0.2) is 0 Å². The summed E-state index contributed by atoms with van der Waals surface area (Å²) in [5.74, 6) is 0.586. The van der Waals surface area contributed by atoms with E-state index in [1.165, 1.54) is 22.4 Å². The lowest BCUT2D eigenvalue weighted by Gasteiger charge is -2.13. The molecule has 88 valence electrons. The van der Waals surface area contributed by atoms with Gasteiger partial charge in [0.05, 0.1) is 0 Å². The molecule has 0 bridgehead atoms. The highest BCUT2D eigenvalue weighted by Gasteiger charge is 2.05. The Morgan fingerprint density at radius 2 is 1.81 bits per heavy atom. The Hall–Kier alpha value is -0.950. The van der Waals surface area contributed by atoms with Gasteiger partial charge in [0.25, 0.3) is 0 Å². The van der Waals surface area contributed by atoms with Gasteiger partial charge < -0.3 is 5.32 Å². The molecule has 1 N–H and O–H groups in total. The van der Waals surface area contributed by atoms with Crippen molar-refractivity contribution >= 4 is 17.3 Å². The van der Waals surface area contributed by atoms with Gasteiger partial charge in [0.2, 0.25) is 0 Å². The van der Waals surface area contributed by atoms with Gasteiger partial charge in [-0.05, 0) is 29.5 Å². The highest BCUT2D eigenvalue weighted by Crippen LogP contribution is 2.19. The molecule has 0 aliphatic rings. The van der Waals surface area contributed by atoms with Crippen molar-refractivity contribution in [1.29, 1.82) is 0 Å². The third-order valence-corrected chi connectivity index (χ3v) is 3.17. The normalized spacial score (nSPS) is 12.2. The Morgan fingerprint density at radius 3 is 2.19 bits per heavy atom. The van der Waals surface area contributed by atoms with Crippen molar-refractivity contribution < 1.29 is 0 Å². The lowest BCUT2D eigenvalue weighted by Crippen LogP contribution is -2.09. The Labute approximate surface area is 104 Å². The van der Waals surface area contributed by atoms with Crippen LogP contribution in [-0.2, 0) is 6.42 Å². The fraction of sp³-hybridized carbons (Fsp3) is 0.429.